The molecule has 1 aliphatic heterocycles. The van der Waals surface area contributed by atoms with Crippen LogP contribution in [0.15, 0.2) is 71.7 Å². The number of aromatic amines is 1. The number of esters is 1. The number of para-hydroxylation sites is 1. The second kappa shape index (κ2) is 13.3. The molecule has 0 amide bonds. The summed E-state index contributed by atoms with van der Waals surface area (Å²) in [6, 6.07) is 21.4. The van der Waals surface area contributed by atoms with E-state index < -0.39 is 12.1 Å². The van der Waals surface area contributed by atoms with Gasteiger partial charge in [0.15, 0.2) is 11.5 Å². The molecule has 2 aliphatic rings. The molecular formula is C33H35N6O6+. The summed E-state index contributed by atoms with van der Waals surface area (Å²) >= 11 is 0. The van der Waals surface area contributed by atoms with Gasteiger partial charge in [-0.25, -0.2) is 14.7 Å². The third-order valence-corrected chi connectivity index (χ3v) is 8.23. The van der Waals surface area contributed by atoms with Gasteiger partial charge in [-0.1, -0.05) is 36.8 Å². The topological polar surface area (TPSA) is 138 Å². The quantitative estimate of drug-likeness (QED) is 0.166. The highest BCUT2D eigenvalue weighted by atomic mass is 16.7. The van der Waals surface area contributed by atoms with Crippen molar-refractivity contribution in [1.29, 1.82) is 0 Å². The van der Waals surface area contributed by atoms with Crippen LogP contribution in [0.4, 0.5) is 21.9 Å². The maximum absolute atomic E-state index is 13.1. The number of carbonyl (C=O) groups excluding carboxylic acids is 2. The Morgan fingerprint density at radius 2 is 1.73 bits per heavy atom. The molecule has 45 heavy (non-hydrogen) atoms. The van der Waals surface area contributed by atoms with Crippen LogP contribution in [0, 0.1) is 0 Å². The third-order valence-electron chi connectivity index (χ3n) is 8.23. The number of nitrogens with zero attached hydrogens (tertiary/aromatic N) is 5. The Morgan fingerprint density at radius 1 is 0.956 bits per heavy atom. The Bertz CT molecular complexity index is 1680. The minimum absolute atomic E-state index is 0.0182. The molecule has 0 radical (unpaired) electrons. The minimum Gasteiger partial charge on any atom is -0.465 e. The van der Waals surface area contributed by atoms with Crippen LogP contribution in [0.2, 0.25) is 0 Å². The number of aliphatic imine (C=N–C) groups is 1. The summed E-state index contributed by atoms with van der Waals surface area (Å²) in [6.07, 6.45) is 4.08. The van der Waals surface area contributed by atoms with Gasteiger partial charge >= 0.3 is 18.1 Å². The van der Waals surface area contributed by atoms with Gasteiger partial charge in [0, 0.05) is 17.7 Å². The van der Waals surface area contributed by atoms with Gasteiger partial charge in [-0.3, -0.25) is 0 Å². The highest BCUT2D eigenvalue weighted by molar-refractivity contribution is 6.10. The van der Waals surface area contributed by atoms with Crippen molar-refractivity contribution in [3.8, 4) is 22.5 Å². The number of fused-ring (bicyclic) bond motifs is 1. The number of amidine groups is 1. The van der Waals surface area contributed by atoms with E-state index in [4.69, 9.17) is 23.9 Å². The second-order valence-corrected chi connectivity index (χ2v) is 10.8. The van der Waals surface area contributed by atoms with E-state index in [-0.39, 0.29) is 23.7 Å². The van der Waals surface area contributed by atoms with E-state index in [2.05, 4.69) is 20.6 Å². The number of methoxy groups -OCH3 is 1. The number of rotatable bonds is 9. The monoisotopic (exact) mass is 611 g/mol. The van der Waals surface area contributed by atoms with Crippen LogP contribution in [-0.4, -0.2) is 71.7 Å². The first-order valence-corrected chi connectivity index (χ1v) is 15.1. The van der Waals surface area contributed by atoms with Crippen molar-refractivity contribution in [2.75, 3.05) is 26.9 Å². The van der Waals surface area contributed by atoms with Crippen LogP contribution in [0.3, 0.4) is 0 Å². The Morgan fingerprint density at radius 3 is 2.44 bits per heavy atom. The Hall–Kier alpha value is -5.10. The molecule has 1 N–H and O–H groups in total. The van der Waals surface area contributed by atoms with E-state index in [0.29, 0.717) is 35.4 Å². The summed E-state index contributed by atoms with van der Waals surface area (Å²) in [5.41, 5.74) is 4.94. The number of quaternary nitrogens is 1. The number of hydrogen-bond donors (Lipinski definition) is 1. The summed E-state index contributed by atoms with van der Waals surface area (Å²) in [7, 11) is 1.34. The molecule has 3 aromatic carbocycles. The predicted molar refractivity (Wildman–Crippen MR) is 167 cm³/mol. The van der Waals surface area contributed by atoms with Crippen molar-refractivity contribution in [2.24, 2.45) is 4.99 Å². The number of tetrazole rings is 1. The summed E-state index contributed by atoms with van der Waals surface area (Å²) in [6.45, 7) is 2.38. The molecule has 1 atom stereocenters. The zero-order valence-corrected chi connectivity index (χ0v) is 25.3. The largest absolute Gasteiger partial charge is 0.508 e. The van der Waals surface area contributed by atoms with Crippen molar-refractivity contribution in [3.63, 3.8) is 0 Å². The maximum Gasteiger partial charge on any atom is 0.508 e. The molecular weight excluding hydrogens is 576 g/mol. The molecule has 1 fully saturated rings. The second-order valence-electron chi connectivity index (χ2n) is 10.8. The molecule has 2 heterocycles. The lowest BCUT2D eigenvalue weighted by atomic mass is 9.98. The van der Waals surface area contributed by atoms with Crippen LogP contribution < -0.4 is 4.48 Å². The van der Waals surface area contributed by atoms with E-state index in [1.807, 2.05) is 61.5 Å². The van der Waals surface area contributed by atoms with Gasteiger partial charge < -0.3 is 18.9 Å². The molecule has 0 saturated heterocycles. The first-order valence-electron chi connectivity index (χ1n) is 15.1. The summed E-state index contributed by atoms with van der Waals surface area (Å²) in [5.74, 6) is 0.0449. The highest BCUT2D eigenvalue weighted by Gasteiger charge is 2.51. The fraction of sp³-hybridized carbons (Fsp3) is 0.333. The van der Waals surface area contributed by atoms with Crippen LogP contribution in [0.5, 0.6) is 0 Å². The molecule has 0 bridgehead atoms. The molecule has 6 rings (SSSR count). The Balaban J connectivity index is 1.39. The van der Waals surface area contributed by atoms with Crippen molar-refractivity contribution < 1.29 is 28.5 Å². The third kappa shape index (κ3) is 5.88. The van der Waals surface area contributed by atoms with Crippen molar-refractivity contribution >= 4 is 35.2 Å². The van der Waals surface area contributed by atoms with Crippen LogP contribution in [0.25, 0.3) is 22.5 Å². The molecule has 0 spiro atoms. The highest BCUT2D eigenvalue weighted by Crippen LogP contribution is 2.49. The number of H-pyrrole nitrogens is 1. The normalized spacial score (nSPS) is 17.7. The van der Waals surface area contributed by atoms with Crippen LogP contribution >= 0.6 is 0 Å². The summed E-state index contributed by atoms with van der Waals surface area (Å²) in [4.78, 5) is 30.7. The van der Waals surface area contributed by atoms with Crippen molar-refractivity contribution in [3.05, 3.63) is 72.3 Å². The van der Waals surface area contributed by atoms with Gasteiger partial charge in [-0.15, -0.1) is 5.10 Å². The van der Waals surface area contributed by atoms with E-state index in [1.165, 1.54) is 7.11 Å². The lowest BCUT2D eigenvalue weighted by molar-refractivity contribution is 0.0102. The number of nitrogens with one attached hydrogen (secondary N) is 1. The van der Waals surface area contributed by atoms with Gasteiger partial charge in [0.1, 0.15) is 36.2 Å². The first kappa shape index (κ1) is 29.9. The standard InChI is InChI=1S/C33H35N6O6/c1-3-43-32-34-28-15-9-14-27(31(40)42-2)29(28)39(32,20-21-44-33(41)45-24-10-5-4-6-11-24)23-18-16-22(17-19-23)25-12-7-8-13-26(25)30-35-37-38-36-30/h7-9,12-19,24H,3-6,10-11,20-21H2,1-2H3,(H,35,36,37,38)/q+1. The molecule has 1 unspecified atom stereocenters. The van der Waals surface area contributed by atoms with Crippen LogP contribution in [-0.2, 0) is 18.9 Å². The Labute approximate surface area is 260 Å². The number of benzene rings is 3. The molecule has 1 aromatic heterocycles. The molecule has 1 aliphatic carbocycles. The van der Waals surface area contributed by atoms with Crippen molar-refractivity contribution in [1.82, 2.24) is 25.1 Å². The smallest absolute Gasteiger partial charge is 0.465 e. The summed E-state index contributed by atoms with van der Waals surface area (Å²) in [5, 5.41) is 14.4. The maximum atomic E-state index is 13.1. The lowest BCUT2D eigenvalue weighted by Crippen LogP contribution is -2.52. The molecule has 1 saturated carbocycles. The number of aromatic nitrogens is 4. The number of hydrogen-bond acceptors (Lipinski definition) is 10. The number of carbonyl (C=O) groups is 2. The fourth-order valence-electron chi connectivity index (χ4n) is 6.16. The zero-order valence-electron chi connectivity index (χ0n) is 25.3. The minimum atomic E-state index is -0.704. The van der Waals surface area contributed by atoms with Gasteiger partial charge in [0.25, 0.3) is 0 Å². The molecule has 232 valence electrons. The molecule has 12 nitrogen and oxygen atoms in total. The molecule has 12 heteroatoms. The van der Waals surface area contributed by atoms with Crippen LogP contribution in [0.1, 0.15) is 49.4 Å². The van der Waals surface area contributed by atoms with E-state index in [1.54, 1.807) is 12.1 Å². The van der Waals surface area contributed by atoms with Gasteiger partial charge in [0.2, 0.25) is 0 Å². The predicted octanol–water partition coefficient (Wildman–Crippen LogP) is 6.48. The first-order chi connectivity index (χ1) is 22.0. The van der Waals surface area contributed by atoms with Gasteiger partial charge in [-0.2, -0.15) is 9.48 Å². The van der Waals surface area contributed by atoms with E-state index >= 15 is 0 Å². The average molecular weight is 612 g/mol. The van der Waals surface area contributed by atoms with Gasteiger partial charge in [0.05, 0.1) is 13.7 Å². The SMILES string of the molecule is CCOC1=Nc2cccc(C(=O)OC)c2[N+]1(CCOC(=O)OC1CCCCC1)c1ccc(-c2ccccc2-c2nnn[nH]2)cc1. The zero-order chi connectivity index (χ0) is 31.2. The summed E-state index contributed by atoms with van der Waals surface area (Å²) < 4.78 is 22.5. The van der Waals surface area contributed by atoms with E-state index in [9.17, 15) is 9.59 Å². The Kier molecular flexibility index (Phi) is 8.83. The lowest BCUT2D eigenvalue weighted by Gasteiger charge is -2.33. The number of ether oxygens (including phenoxy) is 4. The fourth-order valence-corrected chi connectivity index (χ4v) is 6.16. The van der Waals surface area contributed by atoms with Gasteiger partial charge in [-0.05, 0) is 78.4 Å². The molecule has 4 aromatic rings. The van der Waals surface area contributed by atoms with Crippen molar-refractivity contribution in [2.45, 2.75) is 45.1 Å². The average Bonchev–Trinajstić information content (AvgIpc) is 3.72. The van der Waals surface area contributed by atoms with E-state index in [0.717, 1.165) is 54.5 Å².